The number of anilines is 1. The van der Waals surface area contributed by atoms with Gasteiger partial charge in [-0.05, 0) is 43.9 Å². The maximum atomic E-state index is 9.48. The molecule has 0 bridgehead atoms. The highest BCUT2D eigenvalue weighted by atomic mass is 16.5. The third kappa shape index (κ3) is 2.46. The van der Waals surface area contributed by atoms with Crippen LogP contribution in [-0.2, 0) is 0 Å². The Hall–Kier alpha value is -1.22. The molecule has 2 rings (SSSR count). The zero-order chi connectivity index (χ0) is 13.2. The molecular weight excluding hydrogens is 226 g/mol. The van der Waals surface area contributed by atoms with E-state index in [9.17, 15) is 5.11 Å². The number of methoxy groups -OCH3 is 1. The Morgan fingerprint density at radius 2 is 2.06 bits per heavy atom. The molecule has 1 aromatic carbocycles. The molecule has 1 aromatic rings. The highest BCUT2D eigenvalue weighted by molar-refractivity contribution is 5.61. The summed E-state index contributed by atoms with van der Waals surface area (Å²) in [6.07, 6.45) is 3.46. The smallest absolute Gasteiger partial charge is 0.144 e. The lowest BCUT2D eigenvalue weighted by molar-refractivity contribution is 0.0576. The summed E-state index contributed by atoms with van der Waals surface area (Å²) in [7, 11) is 1.70. The van der Waals surface area contributed by atoms with Crippen LogP contribution >= 0.6 is 0 Å². The second kappa shape index (κ2) is 5.19. The van der Waals surface area contributed by atoms with Gasteiger partial charge in [0.2, 0.25) is 0 Å². The van der Waals surface area contributed by atoms with Gasteiger partial charge in [0.05, 0.1) is 19.4 Å². The van der Waals surface area contributed by atoms with Crippen LogP contribution in [0.1, 0.15) is 30.4 Å². The van der Waals surface area contributed by atoms with Crippen LogP contribution in [0.25, 0.3) is 0 Å². The molecule has 3 nitrogen and oxygen atoms in total. The Kier molecular flexibility index (Phi) is 3.81. The van der Waals surface area contributed by atoms with Gasteiger partial charge < -0.3 is 15.2 Å². The highest BCUT2D eigenvalue weighted by Crippen LogP contribution is 2.41. The molecule has 0 aliphatic heterocycles. The second-order valence-corrected chi connectivity index (χ2v) is 5.53. The Bertz CT molecular complexity index is 419. The van der Waals surface area contributed by atoms with Crippen LogP contribution in [0.15, 0.2) is 12.1 Å². The highest BCUT2D eigenvalue weighted by Gasteiger charge is 2.36. The standard InChI is InChI=1S/C15H23NO2/c1-11-7-12(2)14(18-3)13(8-11)16-9-15(10-17)5-4-6-15/h7-8,16-17H,4-6,9-10H2,1-3H3. The van der Waals surface area contributed by atoms with Crippen LogP contribution in [-0.4, -0.2) is 25.4 Å². The van der Waals surface area contributed by atoms with Gasteiger partial charge in [-0.2, -0.15) is 0 Å². The fraction of sp³-hybridized carbons (Fsp3) is 0.600. The van der Waals surface area contributed by atoms with Crippen molar-refractivity contribution in [2.24, 2.45) is 5.41 Å². The number of ether oxygens (including phenoxy) is 1. The molecular formula is C15H23NO2. The first-order valence-corrected chi connectivity index (χ1v) is 6.60. The van der Waals surface area contributed by atoms with E-state index in [1.165, 1.54) is 12.0 Å². The van der Waals surface area contributed by atoms with Crippen molar-refractivity contribution in [2.75, 3.05) is 25.6 Å². The van der Waals surface area contributed by atoms with E-state index in [-0.39, 0.29) is 12.0 Å². The van der Waals surface area contributed by atoms with Crippen LogP contribution in [0.5, 0.6) is 5.75 Å². The second-order valence-electron chi connectivity index (χ2n) is 5.53. The quantitative estimate of drug-likeness (QED) is 0.843. The number of nitrogens with one attached hydrogen (secondary N) is 1. The first-order chi connectivity index (χ1) is 8.60. The fourth-order valence-electron chi connectivity index (χ4n) is 2.71. The number of benzene rings is 1. The summed E-state index contributed by atoms with van der Waals surface area (Å²) in [6, 6.07) is 4.23. The monoisotopic (exact) mass is 249 g/mol. The van der Waals surface area contributed by atoms with Crippen molar-refractivity contribution < 1.29 is 9.84 Å². The van der Waals surface area contributed by atoms with E-state index < -0.39 is 0 Å². The van der Waals surface area contributed by atoms with Gasteiger partial charge in [-0.15, -0.1) is 0 Å². The summed E-state index contributed by atoms with van der Waals surface area (Å²) in [5.74, 6) is 0.910. The molecule has 3 heteroatoms. The molecule has 0 aromatic heterocycles. The van der Waals surface area contributed by atoms with Gasteiger partial charge in [-0.25, -0.2) is 0 Å². The normalized spacial score (nSPS) is 17.1. The van der Waals surface area contributed by atoms with Crippen LogP contribution < -0.4 is 10.1 Å². The molecule has 2 N–H and O–H groups in total. The minimum atomic E-state index is 0.0860. The van der Waals surface area contributed by atoms with Gasteiger partial charge in [0, 0.05) is 12.0 Å². The average molecular weight is 249 g/mol. The van der Waals surface area contributed by atoms with E-state index in [2.05, 4.69) is 31.3 Å². The molecule has 1 saturated carbocycles. The molecule has 100 valence electrons. The van der Waals surface area contributed by atoms with Crippen molar-refractivity contribution in [3.8, 4) is 5.75 Å². The largest absolute Gasteiger partial charge is 0.494 e. The Morgan fingerprint density at radius 1 is 1.33 bits per heavy atom. The molecule has 0 saturated heterocycles. The van der Waals surface area contributed by atoms with E-state index in [0.29, 0.717) is 0 Å². The molecule has 0 atom stereocenters. The summed E-state index contributed by atoms with van der Waals surface area (Å²) < 4.78 is 5.46. The van der Waals surface area contributed by atoms with Gasteiger partial charge in [0.15, 0.2) is 0 Å². The summed E-state index contributed by atoms with van der Waals surface area (Å²) in [5, 5.41) is 12.9. The van der Waals surface area contributed by atoms with Crippen molar-refractivity contribution >= 4 is 5.69 Å². The van der Waals surface area contributed by atoms with Gasteiger partial charge in [0.25, 0.3) is 0 Å². The lowest BCUT2D eigenvalue weighted by Gasteiger charge is -2.40. The van der Waals surface area contributed by atoms with Gasteiger partial charge >= 0.3 is 0 Å². The molecule has 0 radical (unpaired) electrons. The minimum Gasteiger partial charge on any atom is -0.494 e. The van der Waals surface area contributed by atoms with Crippen LogP contribution in [0.2, 0.25) is 0 Å². The number of hydrogen-bond donors (Lipinski definition) is 2. The number of aliphatic hydroxyl groups excluding tert-OH is 1. The molecule has 0 heterocycles. The molecule has 0 unspecified atom stereocenters. The Morgan fingerprint density at radius 3 is 2.56 bits per heavy atom. The van der Waals surface area contributed by atoms with Crippen molar-refractivity contribution in [1.82, 2.24) is 0 Å². The average Bonchev–Trinajstić information content (AvgIpc) is 2.27. The molecule has 1 aliphatic rings. The summed E-state index contributed by atoms with van der Waals surface area (Å²) in [6.45, 7) is 5.24. The van der Waals surface area contributed by atoms with E-state index >= 15 is 0 Å². The molecule has 0 amide bonds. The molecule has 1 fully saturated rings. The molecule has 18 heavy (non-hydrogen) atoms. The van der Waals surface area contributed by atoms with E-state index in [1.54, 1.807) is 7.11 Å². The fourth-order valence-corrected chi connectivity index (χ4v) is 2.71. The predicted octanol–water partition coefficient (Wildman–Crippen LogP) is 2.89. The topological polar surface area (TPSA) is 41.5 Å². The number of rotatable bonds is 5. The van der Waals surface area contributed by atoms with E-state index in [0.717, 1.165) is 36.4 Å². The first kappa shape index (κ1) is 13.2. The van der Waals surface area contributed by atoms with Crippen LogP contribution in [0.4, 0.5) is 5.69 Å². The van der Waals surface area contributed by atoms with Crippen molar-refractivity contribution in [3.63, 3.8) is 0 Å². The zero-order valence-electron chi connectivity index (χ0n) is 11.5. The number of aliphatic hydroxyl groups is 1. The Balaban J connectivity index is 2.13. The van der Waals surface area contributed by atoms with Crippen molar-refractivity contribution in [3.05, 3.63) is 23.3 Å². The number of hydrogen-bond acceptors (Lipinski definition) is 3. The number of aryl methyl sites for hydroxylation is 2. The lowest BCUT2D eigenvalue weighted by Crippen LogP contribution is -2.39. The molecule has 1 aliphatic carbocycles. The van der Waals surface area contributed by atoms with Gasteiger partial charge in [0.1, 0.15) is 5.75 Å². The predicted molar refractivity (Wildman–Crippen MR) is 74.3 cm³/mol. The van der Waals surface area contributed by atoms with E-state index in [1.807, 2.05) is 0 Å². The van der Waals surface area contributed by atoms with Gasteiger partial charge in [-0.1, -0.05) is 12.5 Å². The summed E-state index contributed by atoms with van der Waals surface area (Å²) >= 11 is 0. The first-order valence-electron chi connectivity index (χ1n) is 6.60. The maximum Gasteiger partial charge on any atom is 0.144 e. The van der Waals surface area contributed by atoms with Crippen LogP contribution in [0, 0.1) is 19.3 Å². The van der Waals surface area contributed by atoms with E-state index in [4.69, 9.17) is 4.74 Å². The minimum absolute atomic E-state index is 0.0860. The SMILES string of the molecule is COc1c(C)cc(C)cc1NCC1(CO)CCC1. The molecule has 0 spiro atoms. The summed E-state index contributed by atoms with van der Waals surface area (Å²) in [4.78, 5) is 0. The Labute approximate surface area is 109 Å². The lowest BCUT2D eigenvalue weighted by atomic mass is 9.69. The van der Waals surface area contributed by atoms with Crippen LogP contribution in [0.3, 0.4) is 0 Å². The zero-order valence-corrected chi connectivity index (χ0v) is 11.5. The van der Waals surface area contributed by atoms with Crippen molar-refractivity contribution in [2.45, 2.75) is 33.1 Å². The van der Waals surface area contributed by atoms with Gasteiger partial charge in [-0.3, -0.25) is 0 Å². The van der Waals surface area contributed by atoms with Crippen molar-refractivity contribution in [1.29, 1.82) is 0 Å². The maximum absolute atomic E-state index is 9.48. The third-order valence-electron chi connectivity index (χ3n) is 4.03. The third-order valence-corrected chi connectivity index (χ3v) is 4.03. The summed E-state index contributed by atoms with van der Waals surface area (Å²) in [5.41, 5.74) is 3.49.